The molecular weight excluding hydrogens is 268 g/mol. The summed E-state index contributed by atoms with van der Waals surface area (Å²) in [4.78, 5) is 13.8. The van der Waals surface area contributed by atoms with Crippen LogP contribution >= 0.6 is 0 Å². The predicted octanol–water partition coefficient (Wildman–Crippen LogP) is 1.59. The topological polar surface area (TPSA) is 50.8 Å². The van der Waals surface area contributed by atoms with Gasteiger partial charge in [-0.3, -0.25) is 4.79 Å². The number of hydrogen-bond donors (Lipinski definition) is 1. The molecule has 0 aromatic heterocycles. The number of nitrogens with one attached hydrogen (secondary N) is 1. The molecular formula is C16H24N2O3. The largest absolute Gasteiger partial charge is 0.494 e. The number of likely N-dealkylation sites (N-methyl/N-ethyl adjacent to an activating group) is 1. The number of para-hydroxylation sites is 1. The van der Waals surface area contributed by atoms with Gasteiger partial charge in [0.15, 0.2) is 0 Å². The number of nitrogens with zero attached hydrogens (tertiary/aromatic N) is 1. The minimum Gasteiger partial charge on any atom is -0.494 e. The normalized spacial score (nSPS) is 16.9. The summed E-state index contributed by atoms with van der Waals surface area (Å²) in [6, 6.07) is 8.08. The van der Waals surface area contributed by atoms with Crippen LogP contribution in [0.1, 0.15) is 25.5 Å². The second-order valence-corrected chi connectivity index (χ2v) is 4.97. The molecule has 2 rings (SSSR count). The molecule has 1 atom stereocenters. The van der Waals surface area contributed by atoms with Crippen molar-refractivity contribution in [3.05, 3.63) is 29.8 Å². The Labute approximate surface area is 126 Å². The lowest BCUT2D eigenvalue weighted by molar-refractivity contribution is -0.143. The predicted molar refractivity (Wildman–Crippen MR) is 81.4 cm³/mol. The lowest BCUT2D eigenvalue weighted by Gasteiger charge is -2.31. The number of hydrogen-bond acceptors (Lipinski definition) is 4. The standard InChI is InChI=1S/C16H24N2O3/c1-3-17-14(11-18-9-10-20-12-16(18)19)13-7-5-6-8-15(13)21-4-2/h5-8,14,17H,3-4,9-12H2,1-2H3. The fourth-order valence-electron chi connectivity index (χ4n) is 2.54. The number of morpholine rings is 1. The van der Waals surface area contributed by atoms with Crippen molar-refractivity contribution in [2.75, 3.05) is 39.5 Å². The molecule has 1 fully saturated rings. The molecule has 1 aromatic rings. The summed E-state index contributed by atoms with van der Waals surface area (Å²) in [6.45, 7) is 7.60. The van der Waals surface area contributed by atoms with Crippen LogP contribution in [0.15, 0.2) is 24.3 Å². The summed E-state index contributed by atoms with van der Waals surface area (Å²) in [7, 11) is 0. The molecule has 5 nitrogen and oxygen atoms in total. The third-order valence-corrected chi connectivity index (χ3v) is 3.53. The number of carbonyl (C=O) groups is 1. The van der Waals surface area contributed by atoms with E-state index in [1.54, 1.807) is 0 Å². The van der Waals surface area contributed by atoms with Gasteiger partial charge in [0.2, 0.25) is 5.91 Å². The molecule has 1 aromatic carbocycles. The maximum absolute atomic E-state index is 11.9. The average molecular weight is 292 g/mol. The van der Waals surface area contributed by atoms with E-state index in [0.29, 0.717) is 26.3 Å². The fraction of sp³-hybridized carbons (Fsp3) is 0.562. The highest BCUT2D eigenvalue weighted by Gasteiger charge is 2.24. The summed E-state index contributed by atoms with van der Waals surface area (Å²) in [5.74, 6) is 0.935. The molecule has 1 saturated heterocycles. The molecule has 1 unspecified atom stereocenters. The Bertz CT molecular complexity index is 465. The first-order valence-electron chi connectivity index (χ1n) is 7.56. The lowest BCUT2D eigenvalue weighted by atomic mass is 10.0. The quantitative estimate of drug-likeness (QED) is 0.829. The van der Waals surface area contributed by atoms with Gasteiger partial charge in [-0.1, -0.05) is 25.1 Å². The molecule has 0 spiro atoms. The van der Waals surface area contributed by atoms with Gasteiger partial charge < -0.3 is 19.7 Å². The van der Waals surface area contributed by atoms with Gasteiger partial charge in [0.05, 0.1) is 19.3 Å². The molecule has 1 aliphatic heterocycles. The Morgan fingerprint density at radius 1 is 1.38 bits per heavy atom. The van der Waals surface area contributed by atoms with E-state index in [2.05, 4.69) is 18.3 Å². The molecule has 1 aliphatic rings. The van der Waals surface area contributed by atoms with Crippen molar-refractivity contribution in [1.82, 2.24) is 10.2 Å². The summed E-state index contributed by atoms with van der Waals surface area (Å²) >= 11 is 0. The monoisotopic (exact) mass is 292 g/mol. The maximum atomic E-state index is 11.9. The molecule has 0 aliphatic carbocycles. The molecule has 5 heteroatoms. The van der Waals surface area contributed by atoms with E-state index in [1.807, 2.05) is 30.0 Å². The summed E-state index contributed by atoms with van der Waals surface area (Å²) in [5.41, 5.74) is 1.10. The van der Waals surface area contributed by atoms with E-state index in [-0.39, 0.29) is 18.6 Å². The summed E-state index contributed by atoms with van der Waals surface area (Å²) in [5, 5.41) is 3.45. The van der Waals surface area contributed by atoms with Gasteiger partial charge in [-0.2, -0.15) is 0 Å². The van der Waals surface area contributed by atoms with Crippen molar-refractivity contribution in [3.63, 3.8) is 0 Å². The van der Waals surface area contributed by atoms with Crippen LogP contribution in [0.4, 0.5) is 0 Å². The van der Waals surface area contributed by atoms with Crippen LogP contribution in [0.5, 0.6) is 5.75 Å². The van der Waals surface area contributed by atoms with Crippen molar-refractivity contribution in [2.45, 2.75) is 19.9 Å². The molecule has 0 bridgehead atoms. The van der Waals surface area contributed by atoms with E-state index in [9.17, 15) is 4.79 Å². The number of carbonyl (C=O) groups excluding carboxylic acids is 1. The molecule has 1 amide bonds. The Balaban J connectivity index is 2.16. The van der Waals surface area contributed by atoms with Gasteiger partial charge in [-0.15, -0.1) is 0 Å². The Morgan fingerprint density at radius 2 is 2.19 bits per heavy atom. The molecule has 0 radical (unpaired) electrons. The highest BCUT2D eigenvalue weighted by molar-refractivity contribution is 5.78. The zero-order chi connectivity index (χ0) is 15.1. The molecule has 1 N–H and O–H groups in total. The molecule has 0 saturated carbocycles. The summed E-state index contributed by atoms with van der Waals surface area (Å²) in [6.07, 6.45) is 0. The van der Waals surface area contributed by atoms with Crippen molar-refractivity contribution in [1.29, 1.82) is 0 Å². The van der Waals surface area contributed by atoms with Crippen LogP contribution in [-0.4, -0.2) is 50.3 Å². The van der Waals surface area contributed by atoms with Gasteiger partial charge in [0, 0.05) is 18.7 Å². The summed E-state index contributed by atoms with van der Waals surface area (Å²) < 4.78 is 10.9. The smallest absolute Gasteiger partial charge is 0.248 e. The van der Waals surface area contributed by atoms with E-state index in [4.69, 9.17) is 9.47 Å². The van der Waals surface area contributed by atoms with Crippen LogP contribution in [0, 0.1) is 0 Å². The van der Waals surface area contributed by atoms with Crippen LogP contribution in [0.25, 0.3) is 0 Å². The molecule has 21 heavy (non-hydrogen) atoms. The number of rotatable bonds is 7. The van der Waals surface area contributed by atoms with E-state index < -0.39 is 0 Å². The maximum Gasteiger partial charge on any atom is 0.248 e. The Kier molecular flexibility index (Phi) is 6.02. The van der Waals surface area contributed by atoms with Gasteiger partial charge in [-0.25, -0.2) is 0 Å². The lowest BCUT2D eigenvalue weighted by Crippen LogP contribution is -2.45. The second kappa shape index (κ2) is 8.00. The zero-order valence-corrected chi connectivity index (χ0v) is 12.8. The van der Waals surface area contributed by atoms with E-state index >= 15 is 0 Å². The van der Waals surface area contributed by atoms with Crippen LogP contribution < -0.4 is 10.1 Å². The average Bonchev–Trinajstić information content (AvgIpc) is 2.50. The minimum atomic E-state index is 0.0537. The molecule has 116 valence electrons. The number of ether oxygens (including phenoxy) is 2. The fourth-order valence-corrected chi connectivity index (χ4v) is 2.54. The number of amides is 1. The van der Waals surface area contributed by atoms with E-state index in [1.165, 1.54) is 0 Å². The Hall–Kier alpha value is -1.59. The van der Waals surface area contributed by atoms with E-state index in [0.717, 1.165) is 17.9 Å². The SMILES string of the molecule is CCNC(CN1CCOCC1=O)c1ccccc1OCC. The van der Waals surface area contributed by atoms with Crippen LogP contribution in [0.3, 0.4) is 0 Å². The van der Waals surface area contributed by atoms with Gasteiger partial charge >= 0.3 is 0 Å². The Morgan fingerprint density at radius 3 is 2.90 bits per heavy atom. The minimum absolute atomic E-state index is 0.0537. The third-order valence-electron chi connectivity index (χ3n) is 3.53. The first-order valence-corrected chi connectivity index (χ1v) is 7.56. The first kappa shape index (κ1) is 15.8. The van der Waals surface area contributed by atoms with Gasteiger partial charge in [0.25, 0.3) is 0 Å². The van der Waals surface area contributed by atoms with Gasteiger partial charge in [0.1, 0.15) is 12.4 Å². The molecule has 1 heterocycles. The van der Waals surface area contributed by atoms with Crippen LogP contribution in [-0.2, 0) is 9.53 Å². The second-order valence-electron chi connectivity index (χ2n) is 4.97. The van der Waals surface area contributed by atoms with Crippen molar-refractivity contribution in [2.24, 2.45) is 0 Å². The third kappa shape index (κ3) is 4.19. The first-order chi connectivity index (χ1) is 10.3. The van der Waals surface area contributed by atoms with Crippen molar-refractivity contribution in [3.8, 4) is 5.75 Å². The van der Waals surface area contributed by atoms with Crippen LogP contribution in [0.2, 0.25) is 0 Å². The number of benzene rings is 1. The van der Waals surface area contributed by atoms with Crippen molar-refractivity contribution < 1.29 is 14.3 Å². The zero-order valence-electron chi connectivity index (χ0n) is 12.8. The highest BCUT2D eigenvalue weighted by atomic mass is 16.5. The van der Waals surface area contributed by atoms with Gasteiger partial charge in [-0.05, 0) is 19.5 Å². The highest BCUT2D eigenvalue weighted by Crippen LogP contribution is 2.26. The van der Waals surface area contributed by atoms with Crippen molar-refractivity contribution >= 4 is 5.91 Å².